The van der Waals surface area contributed by atoms with Gasteiger partial charge in [-0.25, -0.2) is 4.39 Å². The Labute approximate surface area is 135 Å². The Morgan fingerprint density at radius 2 is 2.10 bits per heavy atom. The number of halogens is 3. The number of aryl methyl sites for hydroxylation is 1. The molecule has 0 heterocycles. The van der Waals surface area contributed by atoms with E-state index in [0.29, 0.717) is 26.5 Å². The Balaban J connectivity index is 1.96. The molecule has 0 radical (unpaired) electrons. The van der Waals surface area contributed by atoms with Gasteiger partial charge in [0, 0.05) is 10.7 Å². The highest BCUT2D eigenvalue weighted by molar-refractivity contribution is 9.10. The first-order valence-corrected chi connectivity index (χ1v) is 7.26. The molecule has 0 atom stereocenters. The van der Waals surface area contributed by atoms with E-state index >= 15 is 0 Å². The molecule has 0 aliphatic heterocycles. The maximum atomic E-state index is 13.0. The van der Waals surface area contributed by atoms with E-state index in [1.807, 2.05) is 0 Å². The molecule has 2 rings (SSSR count). The Morgan fingerprint density at radius 3 is 2.76 bits per heavy atom. The Hall–Kier alpha value is -1.59. The number of amides is 1. The number of hydrogen-bond donors (Lipinski definition) is 1. The molecule has 0 aliphatic rings. The minimum Gasteiger partial charge on any atom is -0.483 e. The van der Waals surface area contributed by atoms with Crippen molar-refractivity contribution in [1.82, 2.24) is 0 Å². The third-order valence-electron chi connectivity index (χ3n) is 2.72. The quantitative estimate of drug-likeness (QED) is 0.854. The van der Waals surface area contributed by atoms with E-state index in [1.165, 1.54) is 18.2 Å². The van der Waals surface area contributed by atoms with Crippen molar-refractivity contribution in [3.8, 4) is 5.75 Å². The molecule has 1 N–H and O–H groups in total. The molecule has 0 fully saturated rings. The van der Waals surface area contributed by atoms with Crippen LogP contribution in [-0.4, -0.2) is 12.5 Å². The smallest absolute Gasteiger partial charge is 0.262 e. The first-order chi connectivity index (χ1) is 9.95. The average molecular weight is 373 g/mol. The summed E-state index contributed by atoms with van der Waals surface area (Å²) >= 11 is 9.12. The summed E-state index contributed by atoms with van der Waals surface area (Å²) in [5.74, 6) is -0.149. The number of benzene rings is 2. The Kier molecular flexibility index (Phi) is 5.20. The standard InChI is InChI=1S/C15H12BrClFNO2/c1-9-6-11(18)3-4-13(9)19-15(20)8-21-14-5-2-10(17)7-12(14)16/h2-7H,8H2,1H3,(H,19,20). The van der Waals surface area contributed by atoms with Crippen molar-refractivity contribution < 1.29 is 13.9 Å². The van der Waals surface area contributed by atoms with Crippen LogP contribution in [0, 0.1) is 12.7 Å². The zero-order valence-corrected chi connectivity index (χ0v) is 13.5. The molecule has 2 aromatic rings. The van der Waals surface area contributed by atoms with Crippen molar-refractivity contribution in [2.24, 2.45) is 0 Å². The van der Waals surface area contributed by atoms with Crippen molar-refractivity contribution in [2.45, 2.75) is 6.92 Å². The molecule has 0 saturated carbocycles. The molecule has 6 heteroatoms. The summed E-state index contributed by atoms with van der Waals surface area (Å²) in [5, 5.41) is 3.24. The van der Waals surface area contributed by atoms with Crippen LogP contribution in [0.3, 0.4) is 0 Å². The van der Waals surface area contributed by atoms with Gasteiger partial charge in [0.2, 0.25) is 0 Å². The maximum absolute atomic E-state index is 13.0. The van der Waals surface area contributed by atoms with Crippen LogP contribution in [0.2, 0.25) is 5.02 Å². The largest absolute Gasteiger partial charge is 0.483 e. The molecular weight excluding hydrogens is 361 g/mol. The molecule has 110 valence electrons. The minimum absolute atomic E-state index is 0.156. The number of anilines is 1. The SMILES string of the molecule is Cc1cc(F)ccc1NC(=O)COc1ccc(Cl)cc1Br. The van der Waals surface area contributed by atoms with Gasteiger partial charge in [-0.15, -0.1) is 0 Å². The van der Waals surface area contributed by atoms with Crippen LogP contribution in [-0.2, 0) is 4.79 Å². The van der Waals surface area contributed by atoms with Gasteiger partial charge < -0.3 is 10.1 Å². The molecule has 2 aromatic carbocycles. The highest BCUT2D eigenvalue weighted by atomic mass is 79.9. The van der Waals surface area contributed by atoms with Gasteiger partial charge in [-0.2, -0.15) is 0 Å². The average Bonchev–Trinajstić information content (AvgIpc) is 2.41. The predicted molar refractivity (Wildman–Crippen MR) is 84.4 cm³/mol. The Bertz CT molecular complexity index is 679. The molecule has 0 spiro atoms. The van der Waals surface area contributed by atoms with Gasteiger partial charge in [0.1, 0.15) is 11.6 Å². The minimum atomic E-state index is -0.341. The van der Waals surface area contributed by atoms with Crippen LogP contribution in [0.25, 0.3) is 0 Å². The third kappa shape index (κ3) is 4.44. The monoisotopic (exact) mass is 371 g/mol. The lowest BCUT2D eigenvalue weighted by molar-refractivity contribution is -0.118. The summed E-state index contributed by atoms with van der Waals surface area (Å²) in [6, 6.07) is 9.18. The van der Waals surface area contributed by atoms with E-state index < -0.39 is 0 Å². The zero-order valence-electron chi connectivity index (χ0n) is 11.1. The highest BCUT2D eigenvalue weighted by Crippen LogP contribution is 2.28. The van der Waals surface area contributed by atoms with E-state index in [1.54, 1.807) is 25.1 Å². The summed E-state index contributed by atoms with van der Waals surface area (Å²) in [7, 11) is 0. The summed E-state index contributed by atoms with van der Waals surface area (Å²) in [6.45, 7) is 1.56. The van der Waals surface area contributed by atoms with E-state index in [2.05, 4.69) is 21.2 Å². The zero-order chi connectivity index (χ0) is 15.4. The fourth-order valence-corrected chi connectivity index (χ4v) is 2.49. The normalized spacial score (nSPS) is 10.3. The van der Waals surface area contributed by atoms with Gasteiger partial charge in [-0.3, -0.25) is 4.79 Å². The summed E-state index contributed by atoms with van der Waals surface area (Å²) in [5.41, 5.74) is 1.20. The number of nitrogens with one attached hydrogen (secondary N) is 1. The molecule has 21 heavy (non-hydrogen) atoms. The van der Waals surface area contributed by atoms with Gasteiger partial charge in [0.05, 0.1) is 4.47 Å². The molecular formula is C15H12BrClFNO2. The van der Waals surface area contributed by atoms with Gasteiger partial charge in [0.15, 0.2) is 6.61 Å². The maximum Gasteiger partial charge on any atom is 0.262 e. The van der Waals surface area contributed by atoms with Crippen LogP contribution in [0.4, 0.5) is 10.1 Å². The van der Waals surface area contributed by atoms with Gasteiger partial charge >= 0.3 is 0 Å². The Morgan fingerprint density at radius 1 is 1.33 bits per heavy atom. The topological polar surface area (TPSA) is 38.3 Å². The number of rotatable bonds is 4. The van der Waals surface area contributed by atoms with E-state index in [4.69, 9.17) is 16.3 Å². The molecule has 1 amide bonds. The van der Waals surface area contributed by atoms with Crippen LogP contribution in [0.5, 0.6) is 5.75 Å². The molecule has 0 bridgehead atoms. The predicted octanol–water partition coefficient (Wildman–Crippen LogP) is 4.57. The fraction of sp³-hybridized carbons (Fsp3) is 0.133. The first kappa shape index (κ1) is 15.8. The van der Waals surface area contributed by atoms with Crippen molar-refractivity contribution in [3.63, 3.8) is 0 Å². The second-order valence-corrected chi connectivity index (χ2v) is 5.66. The van der Waals surface area contributed by atoms with Crippen molar-refractivity contribution in [2.75, 3.05) is 11.9 Å². The fourth-order valence-electron chi connectivity index (χ4n) is 1.69. The number of carbonyl (C=O) groups is 1. The van der Waals surface area contributed by atoms with Crippen molar-refractivity contribution in [1.29, 1.82) is 0 Å². The molecule has 0 unspecified atom stereocenters. The highest BCUT2D eigenvalue weighted by Gasteiger charge is 2.08. The van der Waals surface area contributed by atoms with Crippen molar-refractivity contribution >= 4 is 39.1 Å². The third-order valence-corrected chi connectivity index (χ3v) is 3.57. The molecule has 0 saturated heterocycles. The number of hydrogen-bond acceptors (Lipinski definition) is 2. The summed E-state index contributed by atoms with van der Waals surface area (Å²) < 4.78 is 19.0. The molecule has 3 nitrogen and oxygen atoms in total. The second-order valence-electron chi connectivity index (χ2n) is 4.37. The lowest BCUT2D eigenvalue weighted by Gasteiger charge is -2.10. The van der Waals surface area contributed by atoms with Crippen LogP contribution < -0.4 is 10.1 Å². The van der Waals surface area contributed by atoms with Gasteiger partial charge in [-0.05, 0) is 64.8 Å². The first-order valence-electron chi connectivity index (χ1n) is 6.09. The van der Waals surface area contributed by atoms with E-state index in [-0.39, 0.29) is 18.3 Å². The van der Waals surface area contributed by atoms with E-state index in [9.17, 15) is 9.18 Å². The summed E-state index contributed by atoms with van der Waals surface area (Å²) in [6.07, 6.45) is 0. The van der Waals surface area contributed by atoms with Crippen LogP contribution in [0.15, 0.2) is 40.9 Å². The van der Waals surface area contributed by atoms with Gasteiger partial charge in [0.25, 0.3) is 5.91 Å². The van der Waals surface area contributed by atoms with Gasteiger partial charge in [-0.1, -0.05) is 11.6 Å². The molecule has 0 aromatic heterocycles. The second kappa shape index (κ2) is 6.91. The number of ether oxygens (including phenoxy) is 1. The van der Waals surface area contributed by atoms with Crippen molar-refractivity contribution in [3.05, 3.63) is 57.3 Å². The van der Waals surface area contributed by atoms with Crippen LogP contribution >= 0.6 is 27.5 Å². The summed E-state index contributed by atoms with van der Waals surface area (Å²) in [4.78, 5) is 11.8. The lowest BCUT2D eigenvalue weighted by Crippen LogP contribution is -2.20. The van der Waals surface area contributed by atoms with Crippen LogP contribution in [0.1, 0.15) is 5.56 Å². The lowest BCUT2D eigenvalue weighted by atomic mass is 10.2. The molecule has 0 aliphatic carbocycles. The number of carbonyl (C=O) groups excluding carboxylic acids is 1. The van der Waals surface area contributed by atoms with E-state index in [0.717, 1.165) is 0 Å².